The third-order valence-electron chi connectivity index (χ3n) is 9.61. The molecule has 0 spiro atoms. The second-order valence-corrected chi connectivity index (χ2v) is 14.0. The van der Waals surface area contributed by atoms with Gasteiger partial charge in [0.05, 0.1) is 23.2 Å². The summed E-state index contributed by atoms with van der Waals surface area (Å²) in [6.07, 6.45) is 1.64. The van der Waals surface area contributed by atoms with Crippen LogP contribution in [0.2, 0.25) is 10.0 Å². The van der Waals surface area contributed by atoms with Crippen molar-refractivity contribution in [2.24, 2.45) is 17.8 Å². The highest BCUT2D eigenvalue weighted by Crippen LogP contribution is 2.66. The molecule has 2 aliphatic carbocycles. The monoisotopic (exact) mass is 686 g/mol. The van der Waals surface area contributed by atoms with E-state index < -0.39 is 62.9 Å². The Kier molecular flexibility index (Phi) is 6.91. The van der Waals surface area contributed by atoms with Crippen LogP contribution in [0.15, 0.2) is 72.3 Å². The average molecular weight is 688 g/mol. The van der Waals surface area contributed by atoms with Gasteiger partial charge in [0, 0.05) is 21.5 Å². The molecule has 2 heterocycles. The van der Waals surface area contributed by atoms with Crippen LogP contribution in [0.1, 0.15) is 29.9 Å². The molecule has 0 unspecified atom stereocenters. The topological polar surface area (TPSA) is 95.0 Å². The van der Waals surface area contributed by atoms with Gasteiger partial charge in [-0.05, 0) is 85.8 Å². The van der Waals surface area contributed by atoms with Crippen molar-refractivity contribution in [3.8, 4) is 5.75 Å². The van der Waals surface area contributed by atoms with Gasteiger partial charge in [-0.1, -0.05) is 40.9 Å². The number of halogens is 5. The highest BCUT2D eigenvalue weighted by molar-refractivity contribution is 6.58. The summed E-state index contributed by atoms with van der Waals surface area (Å²) in [7, 11) is 0. The van der Waals surface area contributed by atoms with Gasteiger partial charge in [-0.2, -0.15) is 0 Å². The molecule has 3 aromatic rings. The average Bonchev–Trinajstić information content (AvgIpc) is 3.34. The number of hydrogen-bond acceptors (Lipinski definition) is 5. The molecule has 3 aromatic carbocycles. The maximum Gasteiger partial charge on any atom is 0.258 e. The molecule has 0 radical (unpaired) electrons. The molecule has 3 fully saturated rings. The van der Waals surface area contributed by atoms with Gasteiger partial charge in [0.1, 0.15) is 11.6 Å². The molecule has 12 heteroatoms. The van der Waals surface area contributed by atoms with Gasteiger partial charge in [-0.3, -0.25) is 19.2 Å². The molecule has 0 bridgehead atoms. The lowest BCUT2D eigenvalue weighted by molar-refractivity contribution is -0.125. The fraction of sp³-hybridized carbons (Fsp3) is 0.273. The maximum absolute atomic E-state index is 14.4. The Morgan fingerprint density at radius 2 is 1.53 bits per heavy atom. The number of rotatable bonds is 3. The molecule has 7 nitrogen and oxygen atoms in total. The Morgan fingerprint density at radius 1 is 0.844 bits per heavy atom. The SMILES string of the molecule is Cc1ccc(N2C(=O)[C@H]3[C@H](CC=C4[C@H]3C[C@@]3(Cl)C(=O)N(c5ccc(F)cc5)C(=O)[C@@]3(Cl)[C@H]4c3cc(Cl)ccc3O)C2=O)cc1Cl. The fourth-order valence-corrected chi connectivity index (χ4v) is 8.76. The van der Waals surface area contributed by atoms with Crippen LogP contribution in [0.5, 0.6) is 5.75 Å². The number of hydrogen-bond donors (Lipinski definition) is 1. The fourth-order valence-electron chi connectivity index (χ4n) is 7.48. The first-order chi connectivity index (χ1) is 21.3. The third-order valence-corrected chi connectivity index (χ3v) is 11.7. The zero-order valence-corrected chi connectivity index (χ0v) is 26.5. The van der Waals surface area contributed by atoms with Crippen LogP contribution >= 0.6 is 46.4 Å². The van der Waals surface area contributed by atoms with E-state index in [-0.39, 0.29) is 34.9 Å². The number of phenolic OH excluding ortho intramolecular Hbond substituents is 1. The molecule has 2 aliphatic heterocycles. The van der Waals surface area contributed by atoms with Crippen LogP contribution in [0.3, 0.4) is 0 Å². The third kappa shape index (κ3) is 4.08. The second-order valence-electron chi connectivity index (χ2n) is 11.9. The summed E-state index contributed by atoms with van der Waals surface area (Å²) in [5.74, 6) is -7.23. The summed E-state index contributed by atoms with van der Waals surface area (Å²) >= 11 is 27.3. The Balaban J connectivity index is 1.41. The van der Waals surface area contributed by atoms with E-state index in [1.54, 1.807) is 31.2 Å². The van der Waals surface area contributed by atoms with Crippen molar-refractivity contribution in [3.05, 3.63) is 99.3 Å². The number of phenols is 1. The van der Waals surface area contributed by atoms with Crippen molar-refractivity contribution in [3.63, 3.8) is 0 Å². The number of allylic oxidation sites excluding steroid dienone is 2. The highest BCUT2D eigenvalue weighted by Gasteiger charge is 2.77. The van der Waals surface area contributed by atoms with Crippen molar-refractivity contribution in [1.82, 2.24) is 0 Å². The van der Waals surface area contributed by atoms with E-state index in [9.17, 15) is 28.7 Å². The number of aromatic hydroxyl groups is 1. The number of amides is 4. The molecule has 6 atom stereocenters. The number of imide groups is 2. The number of anilines is 2. The summed E-state index contributed by atoms with van der Waals surface area (Å²) in [6.45, 7) is 1.80. The van der Waals surface area contributed by atoms with Crippen molar-refractivity contribution in [2.45, 2.75) is 35.4 Å². The number of carbonyl (C=O) groups is 4. The van der Waals surface area contributed by atoms with Gasteiger partial charge >= 0.3 is 0 Å². The van der Waals surface area contributed by atoms with Crippen LogP contribution in [-0.2, 0) is 19.2 Å². The molecule has 1 N–H and O–H groups in total. The smallest absolute Gasteiger partial charge is 0.258 e. The minimum atomic E-state index is -2.19. The standard InChI is InChI=1S/C33H23Cl4FN2O5/c1-15-2-6-19(13-24(15)35)39-28(42)21-10-9-20-23(26(21)29(39)43)14-32(36)30(44)40(18-7-4-17(38)5-8-18)31(45)33(32,37)27(20)22-12-16(34)3-11-25(22)41/h2-9,11-13,21,23,26-27,41H,10,14H2,1H3/t21-,23+,26-,27+,32+,33-/m0/s1. The van der Waals surface area contributed by atoms with Gasteiger partial charge in [-0.25, -0.2) is 14.2 Å². The van der Waals surface area contributed by atoms with E-state index in [0.29, 0.717) is 16.3 Å². The second kappa shape index (κ2) is 10.3. The maximum atomic E-state index is 14.4. The molecular formula is C33H23Cl4FN2O5. The normalized spacial score (nSPS) is 30.8. The van der Waals surface area contributed by atoms with Crippen LogP contribution < -0.4 is 9.80 Å². The van der Waals surface area contributed by atoms with E-state index in [0.717, 1.165) is 27.5 Å². The van der Waals surface area contributed by atoms with Gasteiger partial charge in [0.25, 0.3) is 11.8 Å². The Labute approximate surface area is 277 Å². The van der Waals surface area contributed by atoms with E-state index >= 15 is 0 Å². The summed E-state index contributed by atoms with van der Waals surface area (Å²) in [5, 5.41) is 11.7. The summed E-state index contributed by atoms with van der Waals surface area (Å²) in [5.41, 5.74) is 1.78. The molecule has 1 saturated carbocycles. The zero-order valence-electron chi connectivity index (χ0n) is 23.4. The van der Waals surface area contributed by atoms with Crippen molar-refractivity contribution < 1.29 is 28.7 Å². The van der Waals surface area contributed by atoms with Gasteiger partial charge < -0.3 is 5.11 Å². The van der Waals surface area contributed by atoms with Crippen molar-refractivity contribution >= 4 is 81.4 Å². The van der Waals surface area contributed by atoms with Crippen LogP contribution in [-0.4, -0.2) is 38.5 Å². The molecule has 4 aliphatic rings. The molecular weight excluding hydrogens is 665 g/mol. The number of carbonyl (C=O) groups excluding carboxylic acids is 4. The predicted octanol–water partition coefficient (Wildman–Crippen LogP) is 6.91. The number of fused-ring (bicyclic) bond motifs is 4. The van der Waals surface area contributed by atoms with Gasteiger partial charge in [0.15, 0.2) is 9.75 Å². The molecule has 7 rings (SSSR count). The lowest BCUT2D eigenvalue weighted by Crippen LogP contribution is -2.60. The minimum absolute atomic E-state index is 0.0549. The van der Waals surface area contributed by atoms with E-state index in [4.69, 9.17) is 46.4 Å². The Hall–Kier alpha value is -3.43. The molecule has 4 amide bonds. The summed E-state index contributed by atoms with van der Waals surface area (Å²) in [6, 6.07) is 13.9. The summed E-state index contributed by atoms with van der Waals surface area (Å²) < 4.78 is 13.8. The van der Waals surface area contributed by atoms with Gasteiger partial charge in [-0.15, -0.1) is 23.2 Å². The largest absolute Gasteiger partial charge is 0.508 e. The molecule has 45 heavy (non-hydrogen) atoms. The van der Waals surface area contributed by atoms with Crippen LogP contribution in [0, 0.1) is 30.5 Å². The van der Waals surface area contributed by atoms with Crippen LogP contribution in [0.4, 0.5) is 15.8 Å². The predicted molar refractivity (Wildman–Crippen MR) is 168 cm³/mol. The Bertz CT molecular complexity index is 1880. The van der Waals surface area contributed by atoms with Crippen molar-refractivity contribution in [1.29, 1.82) is 0 Å². The number of benzene rings is 3. The number of nitrogens with zero attached hydrogens (tertiary/aromatic N) is 2. The quantitative estimate of drug-likeness (QED) is 0.183. The summed E-state index contributed by atoms with van der Waals surface area (Å²) in [4.78, 5) is 54.2. The number of aryl methyl sites for hydroxylation is 1. The Morgan fingerprint density at radius 3 is 2.22 bits per heavy atom. The highest BCUT2D eigenvalue weighted by atomic mass is 35.5. The molecule has 0 aromatic heterocycles. The van der Waals surface area contributed by atoms with Gasteiger partial charge in [0.2, 0.25) is 11.8 Å². The molecule has 2 saturated heterocycles. The van der Waals surface area contributed by atoms with E-state index in [2.05, 4.69) is 0 Å². The first kappa shape index (κ1) is 30.2. The number of alkyl halides is 2. The first-order valence-corrected chi connectivity index (χ1v) is 15.7. The zero-order chi connectivity index (χ0) is 32.2. The van der Waals surface area contributed by atoms with E-state index in [1.807, 2.05) is 0 Å². The lowest BCUT2D eigenvalue weighted by atomic mass is 9.56. The van der Waals surface area contributed by atoms with Crippen molar-refractivity contribution in [2.75, 3.05) is 9.80 Å². The van der Waals surface area contributed by atoms with Crippen LogP contribution in [0.25, 0.3) is 0 Å². The first-order valence-electron chi connectivity index (χ1n) is 14.1. The van der Waals surface area contributed by atoms with E-state index in [1.165, 1.54) is 30.3 Å². The minimum Gasteiger partial charge on any atom is -0.508 e. The lowest BCUT2D eigenvalue weighted by Gasteiger charge is -2.50. The molecule has 230 valence electrons.